The van der Waals surface area contributed by atoms with E-state index in [0.717, 1.165) is 20.5 Å². The molecule has 144 valence electrons. The van der Waals surface area contributed by atoms with E-state index in [1.54, 1.807) is 24.3 Å². The summed E-state index contributed by atoms with van der Waals surface area (Å²) < 4.78 is 1.11. The van der Waals surface area contributed by atoms with Gasteiger partial charge in [-0.15, -0.1) is 0 Å². The fourth-order valence-corrected chi connectivity index (χ4v) is 3.98. The first-order valence-corrected chi connectivity index (χ1v) is 10.6. The van der Waals surface area contributed by atoms with E-state index in [0.29, 0.717) is 28.0 Å². The summed E-state index contributed by atoms with van der Waals surface area (Å²) >= 11 is 14.3. The van der Waals surface area contributed by atoms with Crippen LogP contribution in [0.1, 0.15) is 16.7 Å². The van der Waals surface area contributed by atoms with Crippen LogP contribution in [0.2, 0.25) is 10.0 Å². The van der Waals surface area contributed by atoms with Gasteiger partial charge in [0.1, 0.15) is 5.84 Å². The lowest BCUT2D eigenvalue weighted by molar-refractivity contribution is -0.113. The lowest BCUT2D eigenvalue weighted by Gasteiger charge is -2.21. The van der Waals surface area contributed by atoms with Crippen molar-refractivity contribution < 1.29 is 4.79 Å². The van der Waals surface area contributed by atoms with Gasteiger partial charge in [0.2, 0.25) is 0 Å². The van der Waals surface area contributed by atoms with Crippen LogP contribution < -0.4 is 0 Å². The molecule has 2 aliphatic heterocycles. The number of fused-ring (bicyclic) bond motifs is 2. The third-order valence-corrected chi connectivity index (χ3v) is 5.57. The molecule has 4 rings (SSSR count). The smallest absolute Gasteiger partial charge is 0.271 e. The number of hydrogen-bond donors (Lipinski definition) is 0. The van der Waals surface area contributed by atoms with Gasteiger partial charge in [0, 0.05) is 38.0 Å². The fourth-order valence-electron chi connectivity index (χ4n) is 2.99. The second-order valence-electron chi connectivity index (χ2n) is 6.38. The summed E-state index contributed by atoms with van der Waals surface area (Å²) in [5.41, 5.74) is 2.59. The molecular weight excluding hydrogens is 520 g/mol. The van der Waals surface area contributed by atoms with Crippen LogP contribution in [-0.4, -0.2) is 22.5 Å². The zero-order chi connectivity index (χ0) is 20.4. The first-order valence-electron chi connectivity index (χ1n) is 8.74. The first kappa shape index (κ1) is 20.1. The number of benzene rings is 2. The van der Waals surface area contributed by atoms with Crippen LogP contribution in [-0.2, 0) is 11.3 Å². The maximum absolute atomic E-state index is 12.5. The second-order valence-corrected chi connectivity index (χ2v) is 8.46. The Morgan fingerprint density at radius 1 is 1.17 bits per heavy atom. The van der Waals surface area contributed by atoms with Crippen molar-refractivity contribution in [1.82, 2.24) is 4.90 Å². The Morgan fingerprint density at radius 2 is 2.00 bits per heavy atom. The highest BCUT2D eigenvalue weighted by Gasteiger charge is 2.21. The molecule has 2 heterocycles. The molecule has 7 heteroatoms. The van der Waals surface area contributed by atoms with Gasteiger partial charge in [0.05, 0.1) is 0 Å². The minimum Gasteiger partial charge on any atom is -0.327 e. The second kappa shape index (κ2) is 8.65. The van der Waals surface area contributed by atoms with Gasteiger partial charge < -0.3 is 4.90 Å². The van der Waals surface area contributed by atoms with E-state index in [1.165, 1.54) is 6.08 Å². The topological polar surface area (TPSA) is 45.0 Å². The summed E-state index contributed by atoms with van der Waals surface area (Å²) in [5.74, 6) is 0.728. The van der Waals surface area contributed by atoms with Crippen LogP contribution in [0.5, 0.6) is 0 Å². The number of nitrogens with zero attached hydrogens (tertiary/aromatic N) is 3. The highest BCUT2D eigenvalue weighted by molar-refractivity contribution is 14.1. The third kappa shape index (κ3) is 4.69. The maximum Gasteiger partial charge on any atom is 0.271 e. The lowest BCUT2D eigenvalue weighted by atomic mass is 10.1. The van der Waals surface area contributed by atoms with Crippen LogP contribution in [0.25, 0.3) is 6.08 Å². The van der Waals surface area contributed by atoms with Crippen LogP contribution in [0.3, 0.4) is 0 Å². The summed E-state index contributed by atoms with van der Waals surface area (Å²) in [5, 5.41) is 1.01. The molecule has 2 aromatic rings. The molecule has 29 heavy (non-hydrogen) atoms. The Kier molecular flexibility index (Phi) is 5.99. The summed E-state index contributed by atoms with van der Waals surface area (Å²) in [7, 11) is 0. The Labute approximate surface area is 192 Å². The molecule has 2 aliphatic rings. The number of aliphatic imine (C=N–C) groups is 2. The van der Waals surface area contributed by atoms with Gasteiger partial charge >= 0.3 is 0 Å². The van der Waals surface area contributed by atoms with Gasteiger partial charge in [0.25, 0.3) is 5.91 Å². The number of carbonyl (C=O) groups excluding carboxylic acids is 1. The van der Waals surface area contributed by atoms with Gasteiger partial charge in [-0.25, -0.2) is 4.99 Å². The van der Waals surface area contributed by atoms with Crippen molar-refractivity contribution in [1.29, 1.82) is 0 Å². The number of rotatable bonds is 2. The number of carbonyl (C=O) groups is 1. The normalized spacial score (nSPS) is 16.9. The van der Waals surface area contributed by atoms with Crippen molar-refractivity contribution in [2.24, 2.45) is 9.98 Å². The molecule has 0 aromatic heterocycles. The summed E-state index contributed by atoms with van der Waals surface area (Å²) in [6.45, 7) is 0.662. The molecule has 0 radical (unpaired) electrons. The average Bonchev–Trinajstić information content (AvgIpc) is 2.83. The molecule has 1 amide bonds. The van der Waals surface area contributed by atoms with Crippen LogP contribution in [0.4, 0.5) is 0 Å². The van der Waals surface area contributed by atoms with E-state index in [9.17, 15) is 4.79 Å². The SMILES string of the molecule is O=C(C=Cc1ccc(Cl)cc1Cl)N=C1N=C2C=CC(I)=CN2Cc2ccccc21. The van der Waals surface area contributed by atoms with Gasteiger partial charge in [-0.05, 0) is 64.1 Å². The molecule has 0 bridgehead atoms. The summed E-state index contributed by atoms with van der Waals surface area (Å²) in [6.07, 6.45) is 8.94. The van der Waals surface area contributed by atoms with Crippen molar-refractivity contribution in [3.05, 3.63) is 97.2 Å². The Bertz CT molecular complexity index is 1150. The summed E-state index contributed by atoms with van der Waals surface area (Å²) in [4.78, 5) is 23.5. The number of hydrogen-bond acceptors (Lipinski definition) is 2. The average molecular weight is 534 g/mol. The fraction of sp³-hybridized carbons (Fsp3) is 0.0455. The number of halogens is 3. The molecule has 0 unspecified atom stereocenters. The molecule has 0 saturated heterocycles. The van der Waals surface area contributed by atoms with E-state index >= 15 is 0 Å². The zero-order valence-electron chi connectivity index (χ0n) is 15.0. The monoisotopic (exact) mass is 533 g/mol. The molecular formula is C22H14Cl2IN3O. The van der Waals surface area contributed by atoms with Gasteiger partial charge in [-0.2, -0.15) is 4.99 Å². The Morgan fingerprint density at radius 3 is 2.83 bits per heavy atom. The number of amides is 1. The van der Waals surface area contributed by atoms with Crippen molar-refractivity contribution in [3.8, 4) is 0 Å². The van der Waals surface area contributed by atoms with E-state index in [1.807, 2.05) is 42.6 Å². The van der Waals surface area contributed by atoms with Crippen molar-refractivity contribution >= 4 is 69.4 Å². The number of amidine groups is 2. The number of allylic oxidation sites excluding steroid dienone is 2. The van der Waals surface area contributed by atoms with Crippen LogP contribution in [0.15, 0.2) is 80.5 Å². The van der Waals surface area contributed by atoms with Crippen molar-refractivity contribution in [2.75, 3.05) is 0 Å². The van der Waals surface area contributed by atoms with Crippen molar-refractivity contribution in [2.45, 2.75) is 6.54 Å². The lowest BCUT2D eigenvalue weighted by Crippen LogP contribution is -2.24. The van der Waals surface area contributed by atoms with Gasteiger partial charge in [0.15, 0.2) is 5.84 Å². The van der Waals surface area contributed by atoms with E-state index in [-0.39, 0.29) is 0 Å². The molecule has 0 fully saturated rings. The zero-order valence-corrected chi connectivity index (χ0v) is 18.7. The molecule has 0 aliphatic carbocycles. The van der Waals surface area contributed by atoms with E-state index < -0.39 is 5.91 Å². The van der Waals surface area contributed by atoms with Crippen LogP contribution >= 0.6 is 45.8 Å². The molecule has 4 nitrogen and oxygen atoms in total. The Balaban J connectivity index is 1.69. The van der Waals surface area contributed by atoms with Gasteiger partial charge in [-0.3, -0.25) is 4.79 Å². The standard InChI is InChI=1S/C22H14Cl2IN3O/c23-16-7-5-14(19(24)11-16)6-10-21(29)27-22-18-4-2-1-3-15(18)12-28-13-17(25)8-9-20(28)26-22/h1-11,13H,12H2. The largest absolute Gasteiger partial charge is 0.327 e. The minimum atomic E-state index is -0.413. The summed E-state index contributed by atoms with van der Waals surface area (Å²) in [6, 6.07) is 12.9. The predicted molar refractivity (Wildman–Crippen MR) is 128 cm³/mol. The molecule has 0 atom stereocenters. The molecule has 0 spiro atoms. The van der Waals surface area contributed by atoms with Crippen molar-refractivity contribution in [3.63, 3.8) is 0 Å². The van der Waals surface area contributed by atoms with Gasteiger partial charge in [-0.1, -0.05) is 53.5 Å². The highest BCUT2D eigenvalue weighted by Crippen LogP contribution is 2.24. The predicted octanol–water partition coefficient (Wildman–Crippen LogP) is 6.04. The van der Waals surface area contributed by atoms with Crippen LogP contribution in [0, 0.1) is 0 Å². The van der Waals surface area contributed by atoms with E-state index in [2.05, 4.69) is 37.5 Å². The molecule has 0 N–H and O–H groups in total. The maximum atomic E-state index is 12.5. The van der Waals surface area contributed by atoms with E-state index in [4.69, 9.17) is 23.2 Å². The first-order chi connectivity index (χ1) is 14.0. The quantitative estimate of drug-likeness (QED) is 0.349. The highest BCUT2D eigenvalue weighted by atomic mass is 127. The minimum absolute atomic E-state index is 0.393. The molecule has 0 saturated carbocycles. The Hall–Kier alpha value is -2.22. The molecule has 2 aromatic carbocycles. The third-order valence-electron chi connectivity index (χ3n) is 4.37.